The summed E-state index contributed by atoms with van der Waals surface area (Å²) in [6.45, 7) is 3.77. The number of carbonyl (C=O) groups excluding carboxylic acids is 1. The van der Waals surface area contributed by atoms with Gasteiger partial charge in [-0.05, 0) is 38.7 Å². The molecule has 0 spiro atoms. The van der Waals surface area contributed by atoms with Crippen molar-refractivity contribution in [1.82, 2.24) is 14.3 Å². The summed E-state index contributed by atoms with van der Waals surface area (Å²) >= 11 is 13.0. The first-order chi connectivity index (χ1) is 15.1. The van der Waals surface area contributed by atoms with Gasteiger partial charge in [0.1, 0.15) is 6.23 Å². The van der Waals surface area contributed by atoms with E-state index in [1.54, 1.807) is 0 Å². The fourth-order valence-corrected chi connectivity index (χ4v) is 5.38. The standard InChI is InChI=1S/C23H25Cl2N3O3/c1-2-30-19(29)11-14-8-9-27-22(14)20(16-6-7-17(24)21(25)23(16)27)15-12-26-28(13-15)18-5-3-4-10-31-18/h6-7,12-14,18H,2-5,8-11H2,1H3. The van der Waals surface area contributed by atoms with Crippen LogP contribution in [0.15, 0.2) is 24.5 Å². The molecule has 1 aromatic carbocycles. The van der Waals surface area contributed by atoms with Crippen LogP contribution in [0, 0.1) is 0 Å². The zero-order chi connectivity index (χ0) is 21.5. The number of nitrogens with zero attached hydrogens (tertiary/aromatic N) is 3. The van der Waals surface area contributed by atoms with Gasteiger partial charge in [0.2, 0.25) is 0 Å². The van der Waals surface area contributed by atoms with Crippen LogP contribution in [-0.4, -0.2) is 33.5 Å². The summed E-state index contributed by atoms with van der Waals surface area (Å²) in [7, 11) is 0. The quantitative estimate of drug-likeness (QED) is 0.440. The van der Waals surface area contributed by atoms with E-state index in [0.717, 1.165) is 66.6 Å². The predicted octanol–water partition coefficient (Wildman–Crippen LogP) is 5.95. The molecule has 0 saturated carbocycles. The molecule has 0 bridgehead atoms. The first-order valence-electron chi connectivity index (χ1n) is 10.9. The number of fused-ring (bicyclic) bond motifs is 3. The van der Waals surface area contributed by atoms with Gasteiger partial charge in [-0.3, -0.25) is 4.79 Å². The molecule has 0 amide bonds. The van der Waals surface area contributed by atoms with E-state index in [1.807, 2.05) is 36.1 Å². The smallest absolute Gasteiger partial charge is 0.306 e. The molecule has 0 aliphatic carbocycles. The lowest BCUT2D eigenvalue weighted by molar-refractivity contribution is -0.143. The molecule has 2 aliphatic heterocycles. The first kappa shape index (κ1) is 20.9. The maximum absolute atomic E-state index is 12.3. The lowest BCUT2D eigenvalue weighted by Crippen LogP contribution is -2.18. The Kier molecular flexibility index (Phi) is 5.71. The van der Waals surface area contributed by atoms with Crippen molar-refractivity contribution in [2.45, 2.75) is 57.7 Å². The van der Waals surface area contributed by atoms with Gasteiger partial charge >= 0.3 is 5.97 Å². The maximum atomic E-state index is 12.3. The number of hydrogen-bond acceptors (Lipinski definition) is 4. The monoisotopic (exact) mass is 461 g/mol. The minimum absolute atomic E-state index is 0.0298. The van der Waals surface area contributed by atoms with Crippen LogP contribution in [0.1, 0.15) is 56.9 Å². The van der Waals surface area contributed by atoms with E-state index >= 15 is 0 Å². The largest absolute Gasteiger partial charge is 0.466 e. The molecule has 2 aromatic heterocycles. The van der Waals surface area contributed by atoms with Crippen LogP contribution in [0.3, 0.4) is 0 Å². The maximum Gasteiger partial charge on any atom is 0.306 e. The molecule has 164 valence electrons. The predicted molar refractivity (Wildman–Crippen MR) is 121 cm³/mol. The van der Waals surface area contributed by atoms with Crippen molar-refractivity contribution >= 4 is 40.1 Å². The molecule has 6 nitrogen and oxygen atoms in total. The van der Waals surface area contributed by atoms with Crippen LogP contribution >= 0.6 is 23.2 Å². The van der Waals surface area contributed by atoms with Gasteiger partial charge in [0.15, 0.2) is 0 Å². The highest BCUT2D eigenvalue weighted by molar-refractivity contribution is 6.45. The van der Waals surface area contributed by atoms with Crippen LogP contribution in [-0.2, 0) is 20.8 Å². The Bertz CT molecular complexity index is 1130. The summed E-state index contributed by atoms with van der Waals surface area (Å²) in [5, 5.41) is 6.72. The average molecular weight is 462 g/mol. The Hall–Kier alpha value is -2.02. The van der Waals surface area contributed by atoms with Crippen molar-refractivity contribution in [2.24, 2.45) is 0 Å². The molecule has 0 N–H and O–H groups in total. The fraction of sp³-hybridized carbons (Fsp3) is 0.478. The molecule has 31 heavy (non-hydrogen) atoms. The zero-order valence-electron chi connectivity index (χ0n) is 17.4. The van der Waals surface area contributed by atoms with Gasteiger partial charge in [-0.2, -0.15) is 5.10 Å². The highest BCUT2D eigenvalue weighted by atomic mass is 35.5. The average Bonchev–Trinajstić information content (AvgIpc) is 3.47. The molecule has 1 saturated heterocycles. The van der Waals surface area contributed by atoms with E-state index in [-0.39, 0.29) is 18.1 Å². The van der Waals surface area contributed by atoms with E-state index in [1.165, 1.54) is 0 Å². The second-order valence-electron chi connectivity index (χ2n) is 8.19. The number of carbonyl (C=O) groups is 1. The molecule has 2 atom stereocenters. The van der Waals surface area contributed by atoms with Crippen molar-refractivity contribution < 1.29 is 14.3 Å². The molecule has 4 heterocycles. The molecule has 2 aliphatic rings. The van der Waals surface area contributed by atoms with E-state index < -0.39 is 0 Å². The Balaban J connectivity index is 1.63. The lowest BCUT2D eigenvalue weighted by atomic mass is 9.93. The number of aromatic nitrogens is 3. The van der Waals surface area contributed by atoms with Gasteiger partial charge in [0.05, 0.1) is 34.8 Å². The number of hydrogen-bond donors (Lipinski definition) is 0. The van der Waals surface area contributed by atoms with Crippen molar-refractivity contribution in [1.29, 1.82) is 0 Å². The summed E-state index contributed by atoms with van der Waals surface area (Å²) in [6, 6.07) is 3.85. The Labute approximate surface area is 191 Å². The molecule has 0 radical (unpaired) electrons. The van der Waals surface area contributed by atoms with Crippen LogP contribution in [0.5, 0.6) is 0 Å². The SMILES string of the molecule is CCOC(=O)CC1CCn2c1c(-c1cnn(C3CCCCO3)c1)c1ccc(Cl)c(Cl)c12. The normalized spacial score (nSPS) is 20.9. The van der Waals surface area contributed by atoms with Crippen molar-refractivity contribution in [3.8, 4) is 11.1 Å². The summed E-state index contributed by atoms with van der Waals surface area (Å²) < 4.78 is 15.3. The van der Waals surface area contributed by atoms with Crippen LogP contribution in [0.4, 0.5) is 0 Å². The number of rotatable bonds is 5. The first-order valence-corrected chi connectivity index (χ1v) is 11.7. The third kappa shape index (κ3) is 3.65. The second-order valence-corrected chi connectivity index (χ2v) is 8.98. The molecular formula is C23H25Cl2N3O3. The van der Waals surface area contributed by atoms with Gasteiger partial charge in [0, 0.05) is 47.5 Å². The van der Waals surface area contributed by atoms with E-state index in [9.17, 15) is 4.79 Å². The Morgan fingerprint density at radius 1 is 1.29 bits per heavy atom. The fourth-order valence-electron chi connectivity index (χ4n) is 4.96. The highest BCUT2D eigenvalue weighted by Crippen LogP contribution is 2.48. The van der Waals surface area contributed by atoms with Gasteiger partial charge in [-0.15, -0.1) is 0 Å². The second kappa shape index (κ2) is 8.49. The molecule has 3 aromatic rings. The zero-order valence-corrected chi connectivity index (χ0v) is 19.0. The molecule has 5 rings (SSSR count). The van der Waals surface area contributed by atoms with E-state index in [2.05, 4.69) is 9.67 Å². The molecule has 1 fully saturated rings. The number of benzene rings is 1. The Morgan fingerprint density at radius 2 is 2.16 bits per heavy atom. The van der Waals surface area contributed by atoms with Crippen molar-refractivity contribution in [2.75, 3.05) is 13.2 Å². The number of ether oxygens (including phenoxy) is 2. The van der Waals surface area contributed by atoms with Gasteiger partial charge < -0.3 is 14.0 Å². The summed E-state index contributed by atoms with van der Waals surface area (Å²) in [6.07, 6.45) is 8.31. The van der Waals surface area contributed by atoms with Crippen LogP contribution in [0.25, 0.3) is 22.0 Å². The topological polar surface area (TPSA) is 58.3 Å². The van der Waals surface area contributed by atoms with Crippen molar-refractivity contribution in [3.63, 3.8) is 0 Å². The Morgan fingerprint density at radius 3 is 2.94 bits per heavy atom. The summed E-state index contributed by atoms with van der Waals surface area (Å²) in [5.74, 6) is -0.113. The van der Waals surface area contributed by atoms with E-state index in [4.69, 9.17) is 32.7 Å². The van der Waals surface area contributed by atoms with Gasteiger partial charge in [-0.25, -0.2) is 4.68 Å². The van der Waals surface area contributed by atoms with E-state index in [0.29, 0.717) is 23.1 Å². The third-order valence-electron chi connectivity index (χ3n) is 6.30. The van der Waals surface area contributed by atoms with Crippen molar-refractivity contribution in [3.05, 3.63) is 40.3 Å². The third-order valence-corrected chi connectivity index (χ3v) is 7.10. The molecule has 2 unspecified atom stereocenters. The molecule has 8 heteroatoms. The minimum Gasteiger partial charge on any atom is -0.466 e. The minimum atomic E-state index is -0.174. The van der Waals surface area contributed by atoms with Crippen LogP contribution in [0.2, 0.25) is 10.0 Å². The number of aryl methyl sites for hydroxylation is 1. The molecular weight excluding hydrogens is 437 g/mol. The van der Waals surface area contributed by atoms with Crippen LogP contribution < -0.4 is 0 Å². The summed E-state index contributed by atoms with van der Waals surface area (Å²) in [5.41, 5.74) is 4.10. The number of halogens is 2. The lowest BCUT2D eigenvalue weighted by Gasteiger charge is -2.22. The van der Waals surface area contributed by atoms with Gasteiger partial charge in [0.25, 0.3) is 0 Å². The summed E-state index contributed by atoms with van der Waals surface area (Å²) in [4.78, 5) is 12.3. The number of esters is 1. The highest BCUT2D eigenvalue weighted by Gasteiger charge is 2.33. The van der Waals surface area contributed by atoms with Gasteiger partial charge in [-0.1, -0.05) is 29.3 Å².